The van der Waals surface area contributed by atoms with Crippen molar-refractivity contribution in [1.82, 2.24) is 0 Å². The highest BCUT2D eigenvalue weighted by Crippen LogP contribution is 2.29. The van der Waals surface area contributed by atoms with Crippen LogP contribution in [0.3, 0.4) is 0 Å². The highest BCUT2D eigenvalue weighted by molar-refractivity contribution is 6.32. The Morgan fingerprint density at radius 3 is 2.44 bits per heavy atom. The lowest BCUT2D eigenvalue weighted by atomic mass is 10.1. The number of hydrogen-bond donors (Lipinski definition) is 0. The van der Waals surface area contributed by atoms with Crippen LogP contribution in [0.15, 0.2) is 42.5 Å². The molecule has 0 aliphatic rings. The van der Waals surface area contributed by atoms with E-state index < -0.39 is 10.9 Å². The van der Waals surface area contributed by atoms with Crippen molar-refractivity contribution in [3.05, 3.63) is 63.2 Å². The quantitative estimate of drug-likeness (QED) is 0.254. The number of benzene rings is 2. The van der Waals surface area contributed by atoms with Crippen LogP contribution >= 0.6 is 11.6 Å². The first-order valence-electron chi connectivity index (χ1n) is 7.00. The van der Waals surface area contributed by atoms with Gasteiger partial charge in [0.15, 0.2) is 0 Å². The summed E-state index contributed by atoms with van der Waals surface area (Å²) in [5, 5.41) is 10.6. The van der Waals surface area contributed by atoms with Gasteiger partial charge in [-0.2, -0.15) is 0 Å². The number of esters is 1. The van der Waals surface area contributed by atoms with Crippen molar-refractivity contribution < 1.29 is 23.9 Å². The van der Waals surface area contributed by atoms with E-state index in [2.05, 4.69) is 0 Å². The lowest BCUT2D eigenvalue weighted by molar-refractivity contribution is -0.384. The summed E-state index contributed by atoms with van der Waals surface area (Å²) in [6.07, 6.45) is 2.69. The molecule has 0 fully saturated rings. The zero-order valence-corrected chi connectivity index (χ0v) is 14.1. The number of halogens is 1. The zero-order chi connectivity index (χ0) is 18.4. The monoisotopic (exact) mass is 363 g/mol. The van der Waals surface area contributed by atoms with Crippen LogP contribution in [0, 0.1) is 10.1 Å². The molecule has 25 heavy (non-hydrogen) atoms. The van der Waals surface area contributed by atoms with Gasteiger partial charge in [-0.15, -0.1) is 0 Å². The van der Waals surface area contributed by atoms with Gasteiger partial charge in [0.25, 0.3) is 5.69 Å². The van der Waals surface area contributed by atoms with Crippen molar-refractivity contribution in [3.8, 4) is 17.2 Å². The van der Waals surface area contributed by atoms with Gasteiger partial charge in [-0.25, -0.2) is 4.79 Å². The second-order valence-electron chi connectivity index (χ2n) is 4.73. The average molecular weight is 364 g/mol. The Morgan fingerprint density at radius 2 is 1.84 bits per heavy atom. The van der Waals surface area contributed by atoms with Gasteiger partial charge >= 0.3 is 5.97 Å². The van der Waals surface area contributed by atoms with Gasteiger partial charge in [-0.05, 0) is 30.3 Å². The molecule has 2 rings (SSSR count). The summed E-state index contributed by atoms with van der Waals surface area (Å²) in [6.45, 7) is 0. The number of rotatable bonds is 6. The summed E-state index contributed by atoms with van der Waals surface area (Å²) in [5.41, 5.74) is 0.426. The van der Waals surface area contributed by atoms with E-state index in [4.69, 9.17) is 25.8 Å². The molecular formula is C17H14ClNO6. The normalized spacial score (nSPS) is 10.5. The third-order valence-corrected chi connectivity index (χ3v) is 3.47. The molecule has 2 aromatic carbocycles. The van der Waals surface area contributed by atoms with Crippen molar-refractivity contribution in [3.63, 3.8) is 0 Å². The van der Waals surface area contributed by atoms with Crippen LogP contribution in [0.25, 0.3) is 6.08 Å². The Bertz CT molecular complexity index is 834. The van der Waals surface area contributed by atoms with Crippen molar-refractivity contribution in [2.24, 2.45) is 0 Å². The van der Waals surface area contributed by atoms with E-state index in [0.717, 1.165) is 6.07 Å². The third-order valence-electron chi connectivity index (χ3n) is 3.17. The summed E-state index contributed by atoms with van der Waals surface area (Å²) >= 11 is 5.88. The number of non-ortho nitro benzene ring substituents is 1. The number of nitrogens with zero attached hydrogens (tertiary/aromatic N) is 1. The number of carbonyl (C=O) groups is 1. The maximum Gasteiger partial charge on any atom is 0.336 e. The first-order valence-corrected chi connectivity index (χ1v) is 7.38. The summed E-state index contributed by atoms with van der Waals surface area (Å²) in [4.78, 5) is 22.0. The van der Waals surface area contributed by atoms with Gasteiger partial charge in [0.1, 0.15) is 17.2 Å². The highest BCUT2D eigenvalue weighted by Gasteiger charge is 2.12. The largest absolute Gasteiger partial charge is 0.497 e. The molecule has 0 saturated carbocycles. The SMILES string of the molecule is COc1ccc(OC)c(/C=C/C(=O)Oc2ccc([N+](=O)[O-])cc2Cl)c1. The number of ether oxygens (including phenoxy) is 3. The van der Waals surface area contributed by atoms with Crippen molar-refractivity contribution in [2.45, 2.75) is 0 Å². The van der Waals surface area contributed by atoms with Crippen LogP contribution < -0.4 is 14.2 Å². The number of hydrogen-bond acceptors (Lipinski definition) is 6. The van der Waals surface area contributed by atoms with E-state index in [1.54, 1.807) is 18.2 Å². The fraction of sp³-hybridized carbons (Fsp3) is 0.118. The summed E-state index contributed by atoms with van der Waals surface area (Å²) < 4.78 is 15.4. The molecule has 0 aliphatic heterocycles. The minimum absolute atomic E-state index is 0.0273. The topological polar surface area (TPSA) is 87.9 Å². The summed E-state index contributed by atoms with van der Waals surface area (Å²) in [7, 11) is 3.04. The average Bonchev–Trinajstić information content (AvgIpc) is 2.61. The maximum absolute atomic E-state index is 11.9. The fourth-order valence-corrected chi connectivity index (χ4v) is 2.17. The molecule has 130 valence electrons. The second-order valence-corrected chi connectivity index (χ2v) is 5.14. The molecule has 0 saturated heterocycles. The van der Waals surface area contributed by atoms with E-state index in [1.807, 2.05) is 0 Å². The Hall–Kier alpha value is -3.06. The molecule has 0 bridgehead atoms. The fourth-order valence-electron chi connectivity index (χ4n) is 1.96. The number of carbonyl (C=O) groups excluding carboxylic acids is 1. The van der Waals surface area contributed by atoms with Crippen LogP contribution in [0.1, 0.15) is 5.56 Å². The third kappa shape index (κ3) is 4.71. The smallest absolute Gasteiger partial charge is 0.336 e. The van der Waals surface area contributed by atoms with Gasteiger partial charge in [-0.3, -0.25) is 10.1 Å². The number of nitro benzene ring substituents is 1. The van der Waals surface area contributed by atoms with Crippen LogP contribution in [0.2, 0.25) is 5.02 Å². The van der Waals surface area contributed by atoms with E-state index in [9.17, 15) is 14.9 Å². The van der Waals surface area contributed by atoms with Gasteiger partial charge in [-0.1, -0.05) is 11.6 Å². The molecule has 0 atom stereocenters. The first-order chi connectivity index (χ1) is 11.9. The molecule has 7 nitrogen and oxygen atoms in total. The Labute approximate surface area is 148 Å². The first kappa shape index (κ1) is 18.3. The van der Waals surface area contributed by atoms with Crippen LogP contribution in [0.4, 0.5) is 5.69 Å². The molecule has 0 radical (unpaired) electrons. The standard InChI is InChI=1S/C17H14ClNO6/c1-23-13-5-7-15(24-2)11(9-13)3-8-17(20)25-16-6-4-12(19(21)22)10-14(16)18/h3-10H,1-2H3/b8-3+. The molecule has 2 aromatic rings. The minimum atomic E-state index is -0.694. The number of nitro groups is 1. The Balaban J connectivity index is 2.15. The minimum Gasteiger partial charge on any atom is -0.497 e. The van der Waals surface area contributed by atoms with E-state index in [0.29, 0.717) is 17.1 Å². The van der Waals surface area contributed by atoms with Crippen molar-refractivity contribution in [2.75, 3.05) is 14.2 Å². The lowest BCUT2D eigenvalue weighted by Gasteiger charge is -2.07. The molecule has 0 spiro atoms. The van der Waals surface area contributed by atoms with E-state index in [-0.39, 0.29) is 16.5 Å². The molecular weight excluding hydrogens is 350 g/mol. The molecule has 0 amide bonds. The molecule has 0 aliphatic carbocycles. The zero-order valence-electron chi connectivity index (χ0n) is 13.4. The van der Waals surface area contributed by atoms with Gasteiger partial charge in [0.2, 0.25) is 0 Å². The number of methoxy groups -OCH3 is 2. The predicted octanol–water partition coefficient (Wildman–Crippen LogP) is 3.88. The maximum atomic E-state index is 11.9. The predicted molar refractivity (Wildman–Crippen MR) is 92.3 cm³/mol. The Kier molecular flexibility index (Phi) is 5.97. The van der Waals surface area contributed by atoms with Gasteiger partial charge in [0.05, 0.1) is 24.2 Å². The summed E-state index contributed by atoms with van der Waals surface area (Å²) in [6, 6.07) is 8.70. The molecule has 0 unspecified atom stereocenters. The van der Waals surface area contributed by atoms with Gasteiger partial charge < -0.3 is 14.2 Å². The van der Waals surface area contributed by atoms with E-state index >= 15 is 0 Å². The van der Waals surface area contributed by atoms with Crippen LogP contribution in [0.5, 0.6) is 17.2 Å². The van der Waals surface area contributed by atoms with Crippen molar-refractivity contribution >= 4 is 29.3 Å². The molecule has 8 heteroatoms. The van der Waals surface area contributed by atoms with Crippen LogP contribution in [-0.2, 0) is 4.79 Å². The van der Waals surface area contributed by atoms with Crippen LogP contribution in [-0.4, -0.2) is 25.1 Å². The summed E-state index contributed by atoms with van der Waals surface area (Å²) in [5.74, 6) is 0.491. The second kappa shape index (κ2) is 8.16. The molecule has 0 N–H and O–H groups in total. The molecule has 0 aromatic heterocycles. The molecule has 0 heterocycles. The van der Waals surface area contributed by atoms with Gasteiger partial charge in [0, 0.05) is 23.8 Å². The lowest BCUT2D eigenvalue weighted by Crippen LogP contribution is -2.04. The highest BCUT2D eigenvalue weighted by atomic mass is 35.5. The Morgan fingerprint density at radius 1 is 1.12 bits per heavy atom. The van der Waals surface area contributed by atoms with E-state index in [1.165, 1.54) is 38.5 Å². The van der Waals surface area contributed by atoms with Crippen molar-refractivity contribution in [1.29, 1.82) is 0 Å².